The molecule has 1 aliphatic carbocycles. The standard InChI is InChI=1S/C22H25N7O4S/c1-33-17-7-12(2-5-24-17)26-22-25-8-13(21-28-14-3-4-23-9-16(14)34-21)20(29-22)27-15-6-11(10-30)18(31)19(15)32/h2-5,7,9,11,15,18-19,27,30-32H,6,8,10H2,1H3,(H2,24,25,26,29)/t11-,15-,18-,19+/m1/s1. The Labute approximate surface area is 199 Å². The number of nitrogens with zero attached hydrogens (tertiary/aromatic N) is 4. The predicted molar refractivity (Wildman–Crippen MR) is 128 cm³/mol. The summed E-state index contributed by atoms with van der Waals surface area (Å²) in [7, 11) is 1.55. The minimum Gasteiger partial charge on any atom is -0.481 e. The third-order valence-corrected chi connectivity index (χ3v) is 7.02. The van der Waals surface area contributed by atoms with Crippen molar-refractivity contribution < 1.29 is 20.1 Å². The number of pyridine rings is 2. The quantitative estimate of drug-likeness (QED) is 0.292. The zero-order chi connectivity index (χ0) is 23.7. The van der Waals surface area contributed by atoms with Crippen molar-refractivity contribution in [1.29, 1.82) is 0 Å². The van der Waals surface area contributed by atoms with E-state index in [9.17, 15) is 15.3 Å². The van der Waals surface area contributed by atoms with E-state index in [1.54, 1.807) is 37.8 Å². The Morgan fingerprint density at radius 2 is 2.12 bits per heavy atom. The Hall–Kier alpha value is -3.32. The van der Waals surface area contributed by atoms with Crippen molar-refractivity contribution in [1.82, 2.24) is 25.6 Å². The van der Waals surface area contributed by atoms with Crippen molar-refractivity contribution in [2.75, 3.05) is 25.6 Å². The molecule has 11 nitrogen and oxygen atoms in total. The average molecular weight is 484 g/mol. The topological polar surface area (TPSA) is 157 Å². The third kappa shape index (κ3) is 4.40. The van der Waals surface area contributed by atoms with Crippen LogP contribution in [0.15, 0.2) is 47.6 Å². The summed E-state index contributed by atoms with van der Waals surface area (Å²) in [4.78, 5) is 17.7. The lowest BCUT2D eigenvalue weighted by Gasteiger charge is -2.25. The Kier molecular flexibility index (Phi) is 6.28. The van der Waals surface area contributed by atoms with Gasteiger partial charge in [-0.25, -0.2) is 9.97 Å². The van der Waals surface area contributed by atoms with Gasteiger partial charge in [-0.1, -0.05) is 0 Å². The van der Waals surface area contributed by atoms with Gasteiger partial charge in [-0.05, 0) is 18.6 Å². The van der Waals surface area contributed by atoms with Gasteiger partial charge in [-0.3, -0.25) is 4.98 Å². The molecular formula is C22H25N7O4S. The highest BCUT2D eigenvalue weighted by atomic mass is 32.1. The SMILES string of the molecule is COc1cc(NC2=NC(N[C@@H]3C[C@H](CO)[C@@H](O)[C@H]3O)=C(c3nc4ccncc4s3)CN2)ccn1. The molecule has 4 heterocycles. The van der Waals surface area contributed by atoms with Gasteiger partial charge < -0.3 is 36.0 Å². The molecule has 178 valence electrons. The number of aliphatic hydroxyl groups excluding tert-OH is 3. The molecule has 34 heavy (non-hydrogen) atoms. The maximum Gasteiger partial charge on any atom is 0.214 e. The first kappa shape index (κ1) is 22.5. The largest absolute Gasteiger partial charge is 0.481 e. The lowest BCUT2D eigenvalue weighted by molar-refractivity contribution is 0.000647. The molecule has 4 atom stereocenters. The number of fused-ring (bicyclic) bond motifs is 1. The van der Waals surface area contributed by atoms with E-state index in [1.807, 2.05) is 6.07 Å². The van der Waals surface area contributed by atoms with Crippen LogP contribution in [0.4, 0.5) is 5.69 Å². The zero-order valence-electron chi connectivity index (χ0n) is 18.3. The maximum atomic E-state index is 10.6. The van der Waals surface area contributed by atoms with Crippen molar-refractivity contribution in [2.45, 2.75) is 24.7 Å². The van der Waals surface area contributed by atoms with Crippen LogP contribution in [0.25, 0.3) is 15.8 Å². The molecule has 5 rings (SSSR count). The molecule has 0 bridgehead atoms. The highest BCUT2D eigenvalue weighted by molar-refractivity contribution is 7.19. The van der Waals surface area contributed by atoms with E-state index in [-0.39, 0.29) is 6.61 Å². The van der Waals surface area contributed by atoms with Gasteiger partial charge in [-0.2, -0.15) is 4.99 Å². The Morgan fingerprint density at radius 1 is 1.24 bits per heavy atom. The Morgan fingerprint density at radius 3 is 2.88 bits per heavy atom. The number of rotatable bonds is 6. The van der Waals surface area contributed by atoms with Crippen molar-refractivity contribution in [2.24, 2.45) is 10.9 Å². The van der Waals surface area contributed by atoms with E-state index in [4.69, 9.17) is 14.7 Å². The molecule has 0 saturated heterocycles. The molecule has 1 fully saturated rings. The summed E-state index contributed by atoms with van der Waals surface area (Å²) in [5.41, 5.74) is 2.41. The van der Waals surface area contributed by atoms with Gasteiger partial charge in [0.25, 0.3) is 0 Å². The fourth-order valence-electron chi connectivity index (χ4n) is 4.11. The molecule has 0 unspecified atom stereocenters. The van der Waals surface area contributed by atoms with Crippen LogP contribution >= 0.6 is 11.3 Å². The smallest absolute Gasteiger partial charge is 0.214 e. The molecular weight excluding hydrogens is 458 g/mol. The second-order valence-electron chi connectivity index (χ2n) is 8.13. The molecule has 0 aromatic carbocycles. The van der Waals surface area contributed by atoms with E-state index in [0.717, 1.165) is 26.5 Å². The molecule has 0 radical (unpaired) electrons. The first-order valence-electron chi connectivity index (χ1n) is 10.8. The fourth-order valence-corrected chi connectivity index (χ4v) is 5.09. The molecule has 0 spiro atoms. The number of aromatic nitrogens is 3. The van der Waals surface area contributed by atoms with E-state index in [2.05, 4.69) is 25.9 Å². The Bertz CT molecular complexity index is 1210. The minimum atomic E-state index is -1.03. The number of guanidine groups is 1. The molecule has 1 saturated carbocycles. The molecule has 3 aromatic heterocycles. The number of methoxy groups -OCH3 is 1. The monoisotopic (exact) mass is 483 g/mol. The van der Waals surface area contributed by atoms with Crippen LogP contribution in [0.2, 0.25) is 0 Å². The zero-order valence-corrected chi connectivity index (χ0v) is 19.2. The number of hydrogen-bond acceptors (Lipinski definition) is 12. The average Bonchev–Trinajstić information content (AvgIpc) is 3.40. The number of hydrogen-bond donors (Lipinski definition) is 6. The van der Waals surface area contributed by atoms with Crippen molar-refractivity contribution in [3.05, 3.63) is 47.6 Å². The maximum absolute atomic E-state index is 10.6. The molecule has 12 heteroatoms. The lowest BCUT2D eigenvalue weighted by atomic mass is 10.1. The van der Waals surface area contributed by atoms with Crippen molar-refractivity contribution in [3.63, 3.8) is 0 Å². The summed E-state index contributed by atoms with van der Waals surface area (Å²) in [6, 6.07) is 4.93. The first-order valence-corrected chi connectivity index (χ1v) is 11.6. The highest BCUT2D eigenvalue weighted by Gasteiger charge is 2.41. The molecule has 1 aliphatic heterocycles. The van der Waals surface area contributed by atoms with Crippen LogP contribution in [0, 0.1) is 5.92 Å². The number of aliphatic hydroxyl groups is 3. The molecule has 0 amide bonds. The summed E-state index contributed by atoms with van der Waals surface area (Å²) in [6.07, 6.45) is 3.48. The van der Waals surface area contributed by atoms with Crippen LogP contribution in [0.1, 0.15) is 11.4 Å². The number of ether oxygens (including phenoxy) is 1. The molecule has 3 aromatic rings. The number of thiazole rings is 1. The number of anilines is 1. The summed E-state index contributed by atoms with van der Waals surface area (Å²) >= 11 is 1.50. The van der Waals surface area contributed by atoms with E-state index < -0.39 is 24.2 Å². The normalized spacial score (nSPS) is 24.6. The van der Waals surface area contributed by atoms with Gasteiger partial charge in [0.05, 0.1) is 29.5 Å². The summed E-state index contributed by atoms with van der Waals surface area (Å²) in [6.45, 7) is 0.229. The first-order chi connectivity index (χ1) is 16.6. The second-order valence-corrected chi connectivity index (χ2v) is 9.16. The molecule has 6 N–H and O–H groups in total. The fraction of sp³-hybridized carbons (Fsp3) is 0.364. The summed E-state index contributed by atoms with van der Waals surface area (Å²) in [5, 5.41) is 40.9. The predicted octanol–water partition coefficient (Wildman–Crippen LogP) is 0.527. The van der Waals surface area contributed by atoms with Gasteiger partial charge >= 0.3 is 0 Å². The van der Waals surface area contributed by atoms with Gasteiger partial charge in [0.2, 0.25) is 11.8 Å². The van der Waals surface area contributed by atoms with Crippen molar-refractivity contribution >= 4 is 38.8 Å². The highest BCUT2D eigenvalue weighted by Crippen LogP contribution is 2.32. The van der Waals surface area contributed by atoms with Gasteiger partial charge in [0, 0.05) is 55.0 Å². The van der Waals surface area contributed by atoms with Gasteiger partial charge in [-0.15, -0.1) is 11.3 Å². The van der Waals surface area contributed by atoms with Crippen LogP contribution < -0.4 is 20.7 Å². The van der Waals surface area contributed by atoms with Crippen molar-refractivity contribution in [3.8, 4) is 5.88 Å². The summed E-state index contributed by atoms with van der Waals surface area (Å²) < 4.78 is 6.14. The van der Waals surface area contributed by atoms with Gasteiger partial charge in [0.15, 0.2) is 0 Å². The summed E-state index contributed by atoms with van der Waals surface area (Å²) in [5.74, 6) is 1.09. The lowest BCUT2D eigenvalue weighted by Crippen LogP contribution is -2.43. The van der Waals surface area contributed by atoms with E-state index >= 15 is 0 Å². The third-order valence-electron chi connectivity index (χ3n) is 5.96. The van der Waals surface area contributed by atoms with Crippen LogP contribution in [0.3, 0.4) is 0 Å². The van der Waals surface area contributed by atoms with Gasteiger partial charge in [0.1, 0.15) is 16.9 Å². The Balaban J connectivity index is 1.49. The minimum absolute atomic E-state index is 0.200. The number of aliphatic imine (C=N–C) groups is 1. The van der Waals surface area contributed by atoms with Crippen LogP contribution in [-0.2, 0) is 0 Å². The van der Waals surface area contributed by atoms with E-state index in [1.165, 1.54) is 11.3 Å². The number of nitrogens with one attached hydrogen (secondary N) is 3. The second kappa shape index (κ2) is 9.50. The molecule has 2 aliphatic rings. The van der Waals surface area contributed by atoms with Crippen LogP contribution in [0.5, 0.6) is 5.88 Å². The van der Waals surface area contributed by atoms with Crippen LogP contribution in [-0.4, -0.2) is 74.7 Å². The van der Waals surface area contributed by atoms with E-state index in [0.29, 0.717) is 30.6 Å².